The van der Waals surface area contributed by atoms with Gasteiger partial charge in [0, 0.05) is 34.5 Å². The summed E-state index contributed by atoms with van der Waals surface area (Å²) in [5, 5.41) is 0.735. The van der Waals surface area contributed by atoms with E-state index in [2.05, 4.69) is 9.55 Å². The van der Waals surface area contributed by atoms with Gasteiger partial charge in [-0.25, -0.2) is 9.59 Å². The minimum atomic E-state index is -0.486. The van der Waals surface area contributed by atoms with Gasteiger partial charge in [0.25, 0.3) is 0 Å². The highest BCUT2D eigenvalue weighted by atomic mass is 16.5. The molecule has 138 valence electrons. The number of hydrogen-bond acceptors (Lipinski definition) is 5. The quantitative estimate of drug-likeness (QED) is 0.517. The number of fused-ring (bicyclic) bond motifs is 1. The van der Waals surface area contributed by atoms with Gasteiger partial charge in [-0.3, -0.25) is 4.98 Å². The summed E-state index contributed by atoms with van der Waals surface area (Å²) in [7, 11) is 1.37. The number of aryl methyl sites for hydroxylation is 1. The lowest BCUT2D eigenvalue weighted by molar-refractivity contribution is 0.0601. The summed E-state index contributed by atoms with van der Waals surface area (Å²) >= 11 is 0. The second kappa shape index (κ2) is 6.54. The SMILES string of the molecule is COC(=O)c1c(C)n(C2CC2)c2ccc(OC(=O)c3ccc(C)nc3)cc12. The smallest absolute Gasteiger partial charge is 0.345 e. The number of pyridine rings is 1. The van der Waals surface area contributed by atoms with Crippen LogP contribution in [0.1, 0.15) is 51.0 Å². The molecule has 2 heterocycles. The van der Waals surface area contributed by atoms with Gasteiger partial charge in [-0.05, 0) is 57.0 Å². The molecule has 0 radical (unpaired) electrons. The second-order valence-electron chi connectivity index (χ2n) is 6.81. The van der Waals surface area contributed by atoms with Crippen LogP contribution in [0.4, 0.5) is 0 Å². The molecule has 0 N–H and O–H groups in total. The second-order valence-corrected chi connectivity index (χ2v) is 6.81. The van der Waals surface area contributed by atoms with E-state index in [4.69, 9.17) is 9.47 Å². The highest BCUT2D eigenvalue weighted by Gasteiger charge is 2.30. The van der Waals surface area contributed by atoms with E-state index in [0.717, 1.165) is 35.1 Å². The minimum Gasteiger partial charge on any atom is -0.465 e. The zero-order chi connectivity index (χ0) is 19.1. The van der Waals surface area contributed by atoms with Crippen LogP contribution in [0.15, 0.2) is 36.5 Å². The average Bonchev–Trinajstić information content (AvgIpc) is 3.45. The summed E-state index contributed by atoms with van der Waals surface area (Å²) in [6.45, 7) is 3.78. The Kier molecular flexibility index (Phi) is 4.18. The van der Waals surface area contributed by atoms with Crippen molar-refractivity contribution < 1.29 is 19.1 Å². The first-order valence-electron chi connectivity index (χ1n) is 8.87. The lowest BCUT2D eigenvalue weighted by Gasteiger charge is -2.07. The van der Waals surface area contributed by atoms with Crippen molar-refractivity contribution in [1.29, 1.82) is 0 Å². The van der Waals surface area contributed by atoms with Crippen LogP contribution >= 0.6 is 0 Å². The predicted octanol–water partition coefficient (Wildman–Crippen LogP) is 3.99. The Morgan fingerprint density at radius 3 is 2.52 bits per heavy atom. The molecule has 0 spiro atoms. The summed E-state index contributed by atoms with van der Waals surface area (Å²) in [5.41, 5.74) is 3.56. The van der Waals surface area contributed by atoms with E-state index in [0.29, 0.717) is 22.9 Å². The maximum absolute atomic E-state index is 12.4. The maximum Gasteiger partial charge on any atom is 0.345 e. The number of methoxy groups -OCH3 is 1. The Morgan fingerprint density at radius 2 is 1.89 bits per heavy atom. The van der Waals surface area contributed by atoms with Crippen LogP contribution in [-0.2, 0) is 4.74 Å². The number of rotatable bonds is 4. The molecule has 1 aliphatic rings. The number of nitrogens with zero attached hydrogens (tertiary/aromatic N) is 2. The van der Waals surface area contributed by atoms with Gasteiger partial charge in [-0.1, -0.05) is 0 Å². The first kappa shape index (κ1) is 17.3. The number of esters is 2. The number of hydrogen-bond donors (Lipinski definition) is 0. The van der Waals surface area contributed by atoms with Crippen molar-refractivity contribution in [3.05, 3.63) is 59.0 Å². The number of benzene rings is 1. The van der Waals surface area contributed by atoms with Gasteiger partial charge in [0.1, 0.15) is 5.75 Å². The van der Waals surface area contributed by atoms with E-state index < -0.39 is 5.97 Å². The molecule has 0 unspecified atom stereocenters. The van der Waals surface area contributed by atoms with E-state index in [-0.39, 0.29) is 5.97 Å². The fourth-order valence-electron chi connectivity index (χ4n) is 3.40. The summed E-state index contributed by atoms with van der Waals surface area (Å²) in [4.78, 5) is 28.8. The molecule has 0 atom stereocenters. The fraction of sp³-hybridized carbons (Fsp3) is 0.286. The van der Waals surface area contributed by atoms with Gasteiger partial charge in [-0.2, -0.15) is 0 Å². The Morgan fingerprint density at radius 1 is 1.11 bits per heavy atom. The van der Waals surface area contributed by atoms with E-state index in [9.17, 15) is 9.59 Å². The summed E-state index contributed by atoms with van der Waals surface area (Å²) in [6, 6.07) is 9.22. The Bertz CT molecular complexity index is 1050. The highest BCUT2D eigenvalue weighted by molar-refractivity contribution is 6.06. The van der Waals surface area contributed by atoms with Crippen molar-refractivity contribution in [2.45, 2.75) is 32.7 Å². The van der Waals surface area contributed by atoms with Crippen molar-refractivity contribution in [3.8, 4) is 5.75 Å². The molecule has 0 amide bonds. The normalized spacial score (nSPS) is 13.6. The Hall–Kier alpha value is -3.15. The van der Waals surface area contributed by atoms with Crippen molar-refractivity contribution in [3.63, 3.8) is 0 Å². The van der Waals surface area contributed by atoms with Crippen LogP contribution in [0.5, 0.6) is 5.75 Å². The van der Waals surface area contributed by atoms with Crippen LogP contribution in [0, 0.1) is 13.8 Å². The number of ether oxygens (including phenoxy) is 2. The third-order valence-electron chi connectivity index (χ3n) is 4.88. The van der Waals surface area contributed by atoms with E-state index in [1.807, 2.05) is 19.9 Å². The average molecular weight is 364 g/mol. The monoisotopic (exact) mass is 364 g/mol. The molecule has 4 rings (SSSR count). The molecule has 6 nitrogen and oxygen atoms in total. The minimum absolute atomic E-state index is 0.376. The van der Waals surface area contributed by atoms with Crippen LogP contribution < -0.4 is 4.74 Å². The van der Waals surface area contributed by atoms with Crippen LogP contribution in [0.25, 0.3) is 10.9 Å². The molecule has 3 aromatic rings. The molecule has 0 bridgehead atoms. The Labute approximate surface area is 156 Å². The third kappa shape index (κ3) is 3.07. The topological polar surface area (TPSA) is 70.4 Å². The van der Waals surface area contributed by atoms with E-state index in [1.165, 1.54) is 13.3 Å². The van der Waals surface area contributed by atoms with Crippen molar-refractivity contribution >= 4 is 22.8 Å². The highest BCUT2D eigenvalue weighted by Crippen LogP contribution is 2.42. The lowest BCUT2D eigenvalue weighted by atomic mass is 10.1. The molecule has 1 saturated carbocycles. The van der Waals surface area contributed by atoms with Gasteiger partial charge in [0.15, 0.2) is 0 Å². The zero-order valence-corrected chi connectivity index (χ0v) is 15.5. The van der Waals surface area contributed by atoms with Crippen molar-refractivity contribution in [1.82, 2.24) is 9.55 Å². The van der Waals surface area contributed by atoms with Gasteiger partial charge in [-0.15, -0.1) is 0 Å². The Balaban J connectivity index is 1.74. The first-order chi connectivity index (χ1) is 13.0. The van der Waals surface area contributed by atoms with Gasteiger partial charge in [0.2, 0.25) is 0 Å². The van der Waals surface area contributed by atoms with Gasteiger partial charge < -0.3 is 14.0 Å². The van der Waals surface area contributed by atoms with Gasteiger partial charge >= 0.3 is 11.9 Å². The largest absolute Gasteiger partial charge is 0.465 e. The fourth-order valence-corrected chi connectivity index (χ4v) is 3.40. The van der Waals surface area contributed by atoms with E-state index >= 15 is 0 Å². The molecule has 1 aromatic carbocycles. The molecule has 1 fully saturated rings. The van der Waals surface area contributed by atoms with Crippen molar-refractivity contribution in [2.24, 2.45) is 0 Å². The number of carbonyl (C=O) groups excluding carboxylic acids is 2. The molecule has 0 aliphatic heterocycles. The van der Waals surface area contributed by atoms with Crippen molar-refractivity contribution in [2.75, 3.05) is 7.11 Å². The molecule has 2 aromatic heterocycles. The van der Waals surface area contributed by atoms with Crippen LogP contribution in [0.2, 0.25) is 0 Å². The third-order valence-corrected chi connectivity index (χ3v) is 4.88. The standard InChI is InChI=1S/C21H20N2O4/c1-12-4-5-14(11-22-12)20(24)27-16-8-9-18-17(10-16)19(21(25)26-3)13(2)23(18)15-6-7-15/h4-5,8-11,15H,6-7H2,1-3H3. The molecular weight excluding hydrogens is 344 g/mol. The number of aromatic nitrogens is 2. The lowest BCUT2D eigenvalue weighted by Crippen LogP contribution is -2.09. The predicted molar refractivity (Wildman–Crippen MR) is 100 cm³/mol. The number of carbonyl (C=O) groups is 2. The molecular formula is C21H20N2O4. The maximum atomic E-state index is 12.4. The molecule has 0 saturated heterocycles. The van der Waals surface area contributed by atoms with Crippen LogP contribution in [-0.4, -0.2) is 28.6 Å². The first-order valence-corrected chi connectivity index (χ1v) is 8.87. The molecule has 1 aliphatic carbocycles. The zero-order valence-electron chi connectivity index (χ0n) is 15.5. The summed E-state index contributed by atoms with van der Waals surface area (Å²) < 4.78 is 12.7. The molecule has 27 heavy (non-hydrogen) atoms. The molecule has 6 heteroatoms. The summed E-state index contributed by atoms with van der Waals surface area (Å²) in [5.74, 6) is -0.492. The van der Waals surface area contributed by atoms with Gasteiger partial charge in [0.05, 0.1) is 18.2 Å². The van der Waals surface area contributed by atoms with Crippen LogP contribution in [0.3, 0.4) is 0 Å². The summed E-state index contributed by atoms with van der Waals surface area (Å²) in [6.07, 6.45) is 3.69. The van der Waals surface area contributed by atoms with E-state index in [1.54, 1.807) is 24.3 Å².